The fourth-order valence-corrected chi connectivity index (χ4v) is 3.09. The second kappa shape index (κ2) is 4.86. The van der Waals surface area contributed by atoms with Crippen molar-refractivity contribution < 1.29 is 4.92 Å². The lowest BCUT2D eigenvalue weighted by molar-refractivity contribution is -0.384. The van der Waals surface area contributed by atoms with Gasteiger partial charge in [-0.1, -0.05) is 23.4 Å². The number of hydrogen-bond donors (Lipinski definition) is 0. The van der Waals surface area contributed by atoms with Crippen LogP contribution < -0.4 is 0 Å². The molecule has 2 aromatic rings. The van der Waals surface area contributed by atoms with Crippen molar-refractivity contribution in [2.24, 2.45) is 0 Å². The highest BCUT2D eigenvalue weighted by molar-refractivity contribution is 8.01. The van der Waals surface area contributed by atoms with Gasteiger partial charge in [0.1, 0.15) is 0 Å². The Balaban J connectivity index is 2.14. The summed E-state index contributed by atoms with van der Waals surface area (Å²) in [6.07, 6.45) is 0. The zero-order valence-corrected chi connectivity index (χ0v) is 10.3. The molecule has 0 aliphatic rings. The third kappa shape index (κ3) is 2.75. The highest BCUT2D eigenvalue weighted by Crippen LogP contribution is 2.35. The molecule has 0 bridgehead atoms. The summed E-state index contributed by atoms with van der Waals surface area (Å²) in [5, 5.41) is 12.7. The van der Waals surface area contributed by atoms with Crippen molar-refractivity contribution in [3.63, 3.8) is 0 Å². The summed E-state index contributed by atoms with van der Waals surface area (Å²) < 4.78 is 0.897. The zero-order chi connectivity index (χ0) is 11.5. The van der Waals surface area contributed by atoms with Crippen molar-refractivity contribution in [1.82, 2.24) is 0 Å². The molecule has 0 radical (unpaired) electrons. The Morgan fingerprint density at radius 2 is 2.00 bits per heavy atom. The standard InChI is InChI=1S/C10H6ClNO2S2/c11-7-1-3-9(4-2-7)16-10-5-8(6-15-10)12(13)14/h1-6H. The maximum Gasteiger partial charge on any atom is 0.281 e. The molecule has 0 saturated heterocycles. The quantitative estimate of drug-likeness (QED) is 0.611. The first-order valence-corrected chi connectivity index (χ1v) is 6.39. The van der Waals surface area contributed by atoms with Gasteiger partial charge in [0, 0.05) is 16.0 Å². The second-order valence-corrected chi connectivity index (χ2v) is 5.66. The first-order chi connectivity index (χ1) is 7.65. The summed E-state index contributed by atoms with van der Waals surface area (Å²) in [5.74, 6) is 0. The topological polar surface area (TPSA) is 43.1 Å². The van der Waals surface area contributed by atoms with E-state index >= 15 is 0 Å². The maximum absolute atomic E-state index is 10.5. The molecule has 0 unspecified atom stereocenters. The number of nitro groups is 1. The Labute approximate surface area is 105 Å². The van der Waals surface area contributed by atoms with Crippen LogP contribution in [0.3, 0.4) is 0 Å². The molecule has 0 atom stereocenters. The van der Waals surface area contributed by atoms with Crippen molar-refractivity contribution in [1.29, 1.82) is 0 Å². The normalized spacial score (nSPS) is 10.3. The van der Waals surface area contributed by atoms with E-state index in [1.165, 1.54) is 28.5 Å². The van der Waals surface area contributed by atoms with E-state index in [1.54, 1.807) is 18.2 Å². The molecule has 0 saturated carbocycles. The third-order valence-electron chi connectivity index (χ3n) is 1.80. The average Bonchev–Trinajstić information content (AvgIpc) is 2.70. The Morgan fingerprint density at radius 3 is 2.56 bits per heavy atom. The summed E-state index contributed by atoms with van der Waals surface area (Å²) in [7, 11) is 0. The summed E-state index contributed by atoms with van der Waals surface area (Å²) in [6, 6.07) is 8.94. The number of halogens is 1. The van der Waals surface area contributed by atoms with Crippen molar-refractivity contribution >= 4 is 40.4 Å². The Kier molecular flexibility index (Phi) is 3.48. The van der Waals surface area contributed by atoms with E-state index in [-0.39, 0.29) is 10.6 Å². The molecule has 82 valence electrons. The predicted octanol–water partition coefficient (Wildman–Crippen LogP) is 4.46. The lowest BCUT2D eigenvalue weighted by Gasteiger charge is -1.97. The van der Waals surface area contributed by atoms with E-state index in [2.05, 4.69) is 0 Å². The number of hydrogen-bond acceptors (Lipinski definition) is 4. The van der Waals surface area contributed by atoms with Crippen LogP contribution in [0, 0.1) is 10.1 Å². The first kappa shape index (κ1) is 11.4. The minimum absolute atomic E-state index is 0.140. The largest absolute Gasteiger partial charge is 0.281 e. The van der Waals surface area contributed by atoms with E-state index in [1.807, 2.05) is 12.1 Å². The molecule has 2 rings (SSSR count). The van der Waals surface area contributed by atoms with Gasteiger partial charge < -0.3 is 0 Å². The van der Waals surface area contributed by atoms with Crippen molar-refractivity contribution in [3.8, 4) is 0 Å². The van der Waals surface area contributed by atoms with Crippen LogP contribution in [0.1, 0.15) is 0 Å². The van der Waals surface area contributed by atoms with Crippen LogP contribution in [-0.4, -0.2) is 4.92 Å². The van der Waals surface area contributed by atoms with E-state index in [9.17, 15) is 10.1 Å². The summed E-state index contributed by atoms with van der Waals surface area (Å²) in [6.45, 7) is 0. The molecule has 0 amide bonds. The van der Waals surface area contributed by atoms with Gasteiger partial charge in [0.15, 0.2) is 0 Å². The molecule has 1 aromatic heterocycles. The molecule has 6 heteroatoms. The van der Waals surface area contributed by atoms with Crippen LogP contribution in [-0.2, 0) is 0 Å². The molecule has 0 aliphatic heterocycles. The van der Waals surface area contributed by atoms with Gasteiger partial charge >= 0.3 is 0 Å². The van der Waals surface area contributed by atoms with Crippen molar-refractivity contribution in [3.05, 3.63) is 50.8 Å². The molecule has 1 heterocycles. The number of benzene rings is 1. The highest BCUT2D eigenvalue weighted by Gasteiger charge is 2.09. The van der Waals surface area contributed by atoms with E-state index in [0.29, 0.717) is 5.02 Å². The highest BCUT2D eigenvalue weighted by atomic mass is 35.5. The SMILES string of the molecule is O=[N+]([O-])c1csc(Sc2ccc(Cl)cc2)c1. The summed E-state index contributed by atoms with van der Waals surface area (Å²) >= 11 is 8.62. The molecule has 0 spiro atoms. The van der Waals surface area contributed by atoms with Crippen LogP contribution >= 0.6 is 34.7 Å². The second-order valence-electron chi connectivity index (χ2n) is 2.94. The van der Waals surface area contributed by atoms with Gasteiger partial charge in [-0.3, -0.25) is 10.1 Å². The maximum atomic E-state index is 10.5. The number of nitrogens with zero attached hydrogens (tertiary/aromatic N) is 1. The third-order valence-corrected chi connectivity index (χ3v) is 4.13. The predicted molar refractivity (Wildman–Crippen MR) is 66.5 cm³/mol. The lowest BCUT2D eigenvalue weighted by atomic mass is 10.4. The van der Waals surface area contributed by atoms with Gasteiger partial charge in [-0.05, 0) is 24.3 Å². The molecule has 1 aromatic carbocycles. The van der Waals surface area contributed by atoms with Crippen LogP contribution in [0.25, 0.3) is 0 Å². The molecule has 0 N–H and O–H groups in total. The van der Waals surface area contributed by atoms with Crippen LogP contribution in [0.4, 0.5) is 5.69 Å². The van der Waals surface area contributed by atoms with E-state index in [0.717, 1.165) is 9.10 Å². The average molecular weight is 272 g/mol. The first-order valence-electron chi connectivity index (χ1n) is 4.31. The zero-order valence-electron chi connectivity index (χ0n) is 7.92. The van der Waals surface area contributed by atoms with Crippen molar-refractivity contribution in [2.45, 2.75) is 9.10 Å². The smallest absolute Gasteiger partial charge is 0.258 e. The molecule has 3 nitrogen and oxygen atoms in total. The molecule has 16 heavy (non-hydrogen) atoms. The Hall–Kier alpha value is -1.04. The van der Waals surface area contributed by atoms with E-state index < -0.39 is 0 Å². The minimum atomic E-state index is -0.386. The summed E-state index contributed by atoms with van der Waals surface area (Å²) in [5.41, 5.74) is 0.140. The van der Waals surface area contributed by atoms with Crippen LogP contribution in [0.2, 0.25) is 5.02 Å². The number of rotatable bonds is 3. The molecular weight excluding hydrogens is 266 g/mol. The summed E-state index contributed by atoms with van der Waals surface area (Å²) in [4.78, 5) is 11.1. The Bertz CT molecular complexity index is 510. The fourth-order valence-electron chi connectivity index (χ4n) is 1.08. The molecule has 0 aliphatic carbocycles. The van der Waals surface area contributed by atoms with Gasteiger partial charge in [0.2, 0.25) is 0 Å². The fraction of sp³-hybridized carbons (Fsp3) is 0. The Morgan fingerprint density at radius 1 is 1.31 bits per heavy atom. The molecular formula is C10H6ClNO2S2. The van der Waals surface area contributed by atoms with Gasteiger partial charge in [-0.15, -0.1) is 11.3 Å². The molecule has 0 fully saturated rings. The van der Waals surface area contributed by atoms with Gasteiger partial charge in [-0.25, -0.2) is 0 Å². The van der Waals surface area contributed by atoms with Gasteiger partial charge in [0.25, 0.3) is 5.69 Å². The van der Waals surface area contributed by atoms with Gasteiger partial charge in [-0.2, -0.15) is 0 Å². The van der Waals surface area contributed by atoms with Crippen molar-refractivity contribution in [2.75, 3.05) is 0 Å². The van der Waals surface area contributed by atoms with Gasteiger partial charge in [0.05, 0.1) is 14.5 Å². The monoisotopic (exact) mass is 271 g/mol. The lowest BCUT2D eigenvalue weighted by Crippen LogP contribution is -1.82. The minimum Gasteiger partial charge on any atom is -0.258 e. The number of thiophene rings is 1. The van der Waals surface area contributed by atoms with Crippen LogP contribution in [0.5, 0.6) is 0 Å². The van der Waals surface area contributed by atoms with E-state index in [4.69, 9.17) is 11.6 Å². The van der Waals surface area contributed by atoms with Crippen LogP contribution in [0.15, 0.2) is 44.8 Å².